The molecule has 0 aliphatic rings. The average Bonchev–Trinajstić information content (AvgIpc) is 3.01. The molecule has 0 aromatic rings. The van der Waals surface area contributed by atoms with E-state index in [1.54, 1.807) is 6.08 Å². The lowest BCUT2D eigenvalue weighted by Gasteiger charge is -2.25. The summed E-state index contributed by atoms with van der Waals surface area (Å²) in [6.07, 6.45) is 38.4. The Bertz CT molecular complexity index is 997. The van der Waals surface area contributed by atoms with Crippen LogP contribution in [0.1, 0.15) is 110 Å². The number of allylic oxidation sites excluding steroid dienone is 11. The molecule has 0 aromatic carbocycles. The molecule has 1 amide bonds. The van der Waals surface area contributed by atoms with E-state index < -0.39 is 20.0 Å². The summed E-state index contributed by atoms with van der Waals surface area (Å²) in [5, 5.41) is 13.6. The maximum absolute atomic E-state index is 12.7. The summed E-state index contributed by atoms with van der Waals surface area (Å²) in [6.45, 7) is 4.48. The fourth-order valence-electron chi connectivity index (χ4n) is 4.33. The Labute approximate surface area is 287 Å². The zero-order chi connectivity index (χ0) is 35.1. The number of carbonyl (C=O) groups excluding carboxylic acids is 1. The molecule has 0 fully saturated rings. The third-order valence-corrected chi connectivity index (χ3v) is 8.13. The molecular formula is C38H68N2O6P+. The number of amides is 1. The number of aliphatic hydroxyl groups is 1. The van der Waals surface area contributed by atoms with Crippen LogP contribution in [0.4, 0.5) is 0 Å². The number of unbranched alkanes of at least 4 members (excludes halogenated alkanes) is 7. The van der Waals surface area contributed by atoms with Crippen LogP contribution in [0.3, 0.4) is 0 Å². The van der Waals surface area contributed by atoms with E-state index in [9.17, 15) is 19.4 Å². The maximum atomic E-state index is 12.7. The minimum absolute atomic E-state index is 0.0456. The van der Waals surface area contributed by atoms with Crippen molar-refractivity contribution in [2.45, 2.75) is 122 Å². The van der Waals surface area contributed by atoms with Gasteiger partial charge >= 0.3 is 7.82 Å². The first-order valence-electron chi connectivity index (χ1n) is 17.8. The highest BCUT2D eigenvalue weighted by molar-refractivity contribution is 7.47. The van der Waals surface area contributed by atoms with E-state index >= 15 is 0 Å². The summed E-state index contributed by atoms with van der Waals surface area (Å²) in [6, 6.07) is -0.878. The van der Waals surface area contributed by atoms with Gasteiger partial charge in [-0.05, 0) is 70.6 Å². The lowest BCUT2D eigenvalue weighted by atomic mass is 10.1. The summed E-state index contributed by atoms with van der Waals surface area (Å²) in [5.74, 6) is -0.217. The molecule has 47 heavy (non-hydrogen) atoms. The monoisotopic (exact) mass is 679 g/mol. The second-order valence-corrected chi connectivity index (χ2v) is 14.3. The topological polar surface area (TPSA) is 105 Å². The molecule has 3 unspecified atom stereocenters. The van der Waals surface area contributed by atoms with Crippen molar-refractivity contribution < 1.29 is 32.9 Å². The van der Waals surface area contributed by atoms with Crippen molar-refractivity contribution in [2.75, 3.05) is 40.9 Å². The van der Waals surface area contributed by atoms with E-state index in [-0.39, 0.29) is 19.1 Å². The SMILES string of the molecule is CC/C=C\C/C=C\C/C=C\CCCCCCCC(=O)NC(COP(=O)(O)OCC[N+](C)(C)C)C(O)/C=C/CC/C=C/CC/C=C/CC. The molecule has 0 aliphatic heterocycles. The van der Waals surface area contributed by atoms with E-state index in [1.807, 2.05) is 27.2 Å². The quantitative estimate of drug-likeness (QED) is 0.0303. The molecule has 0 aromatic heterocycles. The Hall–Kier alpha value is -2.06. The summed E-state index contributed by atoms with van der Waals surface area (Å²) in [5.41, 5.74) is 0. The molecule has 0 rings (SSSR count). The van der Waals surface area contributed by atoms with Crippen LogP contribution in [-0.2, 0) is 18.4 Å². The molecule has 0 saturated carbocycles. The standard InChI is InChI=1S/C38H67N2O6P/c1-6-8-10-12-14-16-18-19-20-21-22-24-26-28-30-32-38(42)39-36(35-46-47(43,44)45-34-33-40(3,4)5)37(41)31-29-27-25-23-17-15-13-11-9-7-2/h8-11,14,16-17,19-20,23,29,31,36-37,41H,6-7,12-13,15,18,21-22,24-28,30,32-35H2,1-5H3,(H-,39,42,43,44)/p+1/b10-8-,11-9+,16-14-,20-19-,23-17+,31-29+. The minimum Gasteiger partial charge on any atom is -0.387 e. The minimum atomic E-state index is -4.34. The molecule has 9 heteroatoms. The van der Waals surface area contributed by atoms with Gasteiger partial charge in [-0.3, -0.25) is 13.8 Å². The highest BCUT2D eigenvalue weighted by Crippen LogP contribution is 2.43. The molecule has 0 aliphatic carbocycles. The van der Waals surface area contributed by atoms with Crippen LogP contribution < -0.4 is 5.32 Å². The number of phosphoric ester groups is 1. The molecule has 0 bridgehead atoms. The number of rotatable bonds is 30. The third kappa shape index (κ3) is 32.3. The number of aliphatic hydroxyl groups excluding tert-OH is 1. The van der Waals surface area contributed by atoms with Gasteiger partial charge in [-0.1, -0.05) is 106 Å². The van der Waals surface area contributed by atoms with Crippen molar-refractivity contribution in [3.05, 3.63) is 72.9 Å². The van der Waals surface area contributed by atoms with Gasteiger partial charge in [0, 0.05) is 6.42 Å². The first-order valence-corrected chi connectivity index (χ1v) is 19.3. The van der Waals surface area contributed by atoms with Crippen molar-refractivity contribution >= 4 is 13.7 Å². The number of nitrogens with one attached hydrogen (secondary N) is 1. The van der Waals surface area contributed by atoms with Crippen LogP contribution in [0.25, 0.3) is 0 Å². The number of carbonyl (C=O) groups is 1. The predicted octanol–water partition coefficient (Wildman–Crippen LogP) is 8.90. The Morgan fingerprint density at radius 1 is 0.723 bits per heavy atom. The molecule has 0 spiro atoms. The molecule has 0 radical (unpaired) electrons. The number of likely N-dealkylation sites (N-methyl/N-ethyl adjacent to an activating group) is 1. The van der Waals surface area contributed by atoms with Crippen LogP contribution in [0.5, 0.6) is 0 Å². The lowest BCUT2D eigenvalue weighted by molar-refractivity contribution is -0.870. The maximum Gasteiger partial charge on any atom is 0.472 e. The first-order chi connectivity index (χ1) is 22.5. The molecule has 8 nitrogen and oxygen atoms in total. The van der Waals surface area contributed by atoms with Crippen LogP contribution >= 0.6 is 7.82 Å². The van der Waals surface area contributed by atoms with Gasteiger partial charge in [-0.2, -0.15) is 0 Å². The zero-order valence-electron chi connectivity index (χ0n) is 30.2. The number of hydrogen-bond acceptors (Lipinski definition) is 5. The van der Waals surface area contributed by atoms with Gasteiger partial charge in [0.05, 0.1) is 39.9 Å². The van der Waals surface area contributed by atoms with E-state index in [1.165, 1.54) is 0 Å². The molecule has 270 valence electrons. The summed E-state index contributed by atoms with van der Waals surface area (Å²) < 4.78 is 23.3. The van der Waals surface area contributed by atoms with Gasteiger partial charge in [0.15, 0.2) is 0 Å². The number of quaternary nitrogens is 1. The van der Waals surface area contributed by atoms with E-state index in [0.717, 1.165) is 89.9 Å². The number of phosphoric acid groups is 1. The summed E-state index contributed by atoms with van der Waals surface area (Å²) >= 11 is 0. The molecule has 3 N–H and O–H groups in total. The van der Waals surface area contributed by atoms with Crippen LogP contribution in [-0.4, -0.2) is 73.4 Å². The van der Waals surface area contributed by atoms with Crippen molar-refractivity contribution in [1.82, 2.24) is 5.32 Å². The fraction of sp³-hybridized carbons (Fsp3) is 0.658. The summed E-state index contributed by atoms with van der Waals surface area (Å²) in [4.78, 5) is 22.9. The highest BCUT2D eigenvalue weighted by Gasteiger charge is 2.27. The zero-order valence-corrected chi connectivity index (χ0v) is 31.1. The van der Waals surface area contributed by atoms with Gasteiger partial charge in [0.1, 0.15) is 13.2 Å². The van der Waals surface area contributed by atoms with Gasteiger partial charge in [0.25, 0.3) is 0 Å². The largest absolute Gasteiger partial charge is 0.472 e. The molecule has 0 heterocycles. The van der Waals surface area contributed by atoms with Crippen molar-refractivity contribution in [1.29, 1.82) is 0 Å². The number of hydrogen-bond donors (Lipinski definition) is 3. The van der Waals surface area contributed by atoms with E-state index in [4.69, 9.17) is 9.05 Å². The smallest absolute Gasteiger partial charge is 0.387 e. The molecule has 3 atom stereocenters. The third-order valence-electron chi connectivity index (χ3n) is 7.15. The number of nitrogens with zero attached hydrogens (tertiary/aromatic N) is 1. The van der Waals surface area contributed by atoms with Crippen LogP contribution in [0.15, 0.2) is 72.9 Å². The average molecular weight is 680 g/mol. The van der Waals surface area contributed by atoms with Gasteiger partial charge in [-0.25, -0.2) is 4.57 Å². The van der Waals surface area contributed by atoms with Crippen molar-refractivity contribution in [2.24, 2.45) is 0 Å². The van der Waals surface area contributed by atoms with Gasteiger partial charge < -0.3 is 19.8 Å². The second-order valence-electron chi connectivity index (χ2n) is 12.8. The lowest BCUT2D eigenvalue weighted by Crippen LogP contribution is -2.45. The van der Waals surface area contributed by atoms with E-state index in [0.29, 0.717) is 17.4 Å². The highest BCUT2D eigenvalue weighted by atomic mass is 31.2. The Morgan fingerprint density at radius 2 is 1.23 bits per heavy atom. The van der Waals surface area contributed by atoms with Gasteiger partial charge in [0.2, 0.25) is 5.91 Å². The molecule has 0 saturated heterocycles. The fourth-order valence-corrected chi connectivity index (χ4v) is 5.06. The normalized spacial score (nSPS) is 15.6. The Kier molecular flexibility index (Phi) is 28.7. The summed E-state index contributed by atoms with van der Waals surface area (Å²) in [7, 11) is 1.51. The van der Waals surface area contributed by atoms with Crippen LogP contribution in [0.2, 0.25) is 0 Å². The van der Waals surface area contributed by atoms with Crippen molar-refractivity contribution in [3.63, 3.8) is 0 Å². The van der Waals surface area contributed by atoms with Crippen LogP contribution in [0, 0.1) is 0 Å². The Balaban J connectivity index is 4.64. The van der Waals surface area contributed by atoms with Crippen molar-refractivity contribution in [3.8, 4) is 0 Å². The van der Waals surface area contributed by atoms with Gasteiger partial charge in [-0.15, -0.1) is 0 Å². The Morgan fingerprint density at radius 3 is 1.87 bits per heavy atom. The molecular weight excluding hydrogens is 611 g/mol. The van der Waals surface area contributed by atoms with E-state index in [2.05, 4.69) is 79.9 Å². The second kappa shape index (κ2) is 30.0. The first kappa shape index (κ1) is 44.9. The predicted molar refractivity (Wildman–Crippen MR) is 198 cm³/mol.